The highest BCUT2D eigenvalue weighted by Gasteiger charge is 2.26. The first-order valence-electron chi connectivity index (χ1n) is 5.65. The molecule has 0 saturated carbocycles. The molecule has 2 heterocycles. The largest absolute Gasteiger partial charge is 0.492 e. The molecular weight excluding hydrogens is 364 g/mol. The van der Waals surface area contributed by atoms with Crippen molar-refractivity contribution in [3.8, 4) is 11.5 Å². The second kappa shape index (κ2) is 6.37. The van der Waals surface area contributed by atoms with E-state index in [0.717, 1.165) is 5.56 Å². The van der Waals surface area contributed by atoms with Crippen LogP contribution in [-0.4, -0.2) is 30.0 Å². The third-order valence-electron chi connectivity index (χ3n) is 2.49. The average molecular weight is 375 g/mol. The Kier molecular flexibility index (Phi) is 4.76. The van der Waals surface area contributed by atoms with Crippen molar-refractivity contribution in [1.82, 2.24) is 9.97 Å². The average Bonchev–Trinajstić information content (AvgIpc) is 2.45. The van der Waals surface area contributed by atoms with Crippen LogP contribution in [0.15, 0.2) is 40.2 Å². The van der Waals surface area contributed by atoms with Gasteiger partial charge in [0.2, 0.25) is 0 Å². The topological polar surface area (TPSA) is 98.6 Å². The predicted octanol–water partition coefficient (Wildman–Crippen LogP) is 2.07. The maximum Gasteiger partial charge on any atom is 0.302 e. The smallest absolute Gasteiger partial charge is 0.302 e. The normalized spacial score (nSPS) is 11.2. The van der Waals surface area contributed by atoms with E-state index in [-0.39, 0.29) is 22.7 Å². The third-order valence-corrected chi connectivity index (χ3v) is 3.96. The summed E-state index contributed by atoms with van der Waals surface area (Å²) in [5.41, 5.74) is 0.737. The molecule has 9 heteroatoms. The van der Waals surface area contributed by atoms with Gasteiger partial charge < -0.3 is 9.47 Å². The number of hydrogen-bond acceptors (Lipinski definition) is 6. The van der Waals surface area contributed by atoms with Crippen LogP contribution in [0.2, 0.25) is 0 Å². The van der Waals surface area contributed by atoms with E-state index in [1.807, 2.05) is 0 Å². The van der Waals surface area contributed by atoms with Crippen molar-refractivity contribution in [3.63, 3.8) is 0 Å². The maximum atomic E-state index is 11.5. The Morgan fingerprint density at radius 3 is 2.71 bits per heavy atom. The Balaban J connectivity index is 2.40. The molecule has 0 radical (unpaired) electrons. The summed E-state index contributed by atoms with van der Waals surface area (Å²) in [6.45, 7) is 0.0722. The second-order valence-electron chi connectivity index (χ2n) is 3.90. The van der Waals surface area contributed by atoms with Gasteiger partial charge in [0.05, 0.1) is 13.3 Å². The molecule has 0 aliphatic rings. The molecule has 2 rings (SSSR count). The fourth-order valence-electron chi connectivity index (χ4n) is 1.61. The summed E-state index contributed by atoms with van der Waals surface area (Å²) >= 11 is 3.05. The van der Waals surface area contributed by atoms with Gasteiger partial charge in [-0.25, -0.2) is 4.98 Å². The quantitative estimate of drug-likeness (QED) is 0.631. The molecular formula is C12H11BrN2O5S. The summed E-state index contributed by atoms with van der Waals surface area (Å²) in [6.07, 6.45) is 4.38. The van der Waals surface area contributed by atoms with Gasteiger partial charge >= 0.3 is 10.1 Å². The molecule has 0 aliphatic heterocycles. The highest BCUT2D eigenvalue weighted by molar-refractivity contribution is 9.10. The Labute approximate surface area is 129 Å². The lowest BCUT2D eigenvalue weighted by molar-refractivity contribution is 0.288. The van der Waals surface area contributed by atoms with Gasteiger partial charge in [0.25, 0.3) is 0 Å². The molecule has 0 fully saturated rings. The number of aromatic nitrogens is 2. The van der Waals surface area contributed by atoms with Gasteiger partial charge in [0.1, 0.15) is 11.2 Å². The van der Waals surface area contributed by atoms with E-state index in [2.05, 4.69) is 25.9 Å². The van der Waals surface area contributed by atoms with E-state index < -0.39 is 15.0 Å². The molecule has 0 aliphatic carbocycles. The van der Waals surface area contributed by atoms with Crippen LogP contribution < -0.4 is 9.47 Å². The zero-order valence-electron chi connectivity index (χ0n) is 10.9. The third kappa shape index (κ3) is 3.69. The molecule has 0 bridgehead atoms. The van der Waals surface area contributed by atoms with Crippen molar-refractivity contribution in [3.05, 3.63) is 40.9 Å². The molecule has 0 amide bonds. The van der Waals surface area contributed by atoms with E-state index in [0.29, 0.717) is 0 Å². The molecule has 7 nitrogen and oxygen atoms in total. The van der Waals surface area contributed by atoms with Gasteiger partial charge in [-0.05, 0) is 22.0 Å². The van der Waals surface area contributed by atoms with Crippen molar-refractivity contribution >= 4 is 26.0 Å². The number of rotatable bonds is 5. The standard InChI is InChI=1S/C12H11BrN2O5S/c1-19-10-11(21(16,17)18)9(6-15-12(10)13)20-7-8-3-2-4-14-5-8/h2-6H,7H2,1H3,(H,16,17,18). The van der Waals surface area contributed by atoms with Crippen LogP contribution in [-0.2, 0) is 16.7 Å². The van der Waals surface area contributed by atoms with Gasteiger partial charge in [-0.2, -0.15) is 8.42 Å². The van der Waals surface area contributed by atoms with Crippen LogP contribution in [0.3, 0.4) is 0 Å². The number of halogens is 1. The van der Waals surface area contributed by atoms with Gasteiger partial charge in [0, 0.05) is 18.0 Å². The molecule has 2 aromatic rings. The van der Waals surface area contributed by atoms with E-state index in [9.17, 15) is 13.0 Å². The highest BCUT2D eigenvalue weighted by atomic mass is 79.9. The summed E-state index contributed by atoms with van der Waals surface area (Å²) < 4.78 is 42.9. The molecule has 2 aromatic heterocycles. The van der Waals surface area contributed by atoms with Crippen molar-refractivity contribution in [2.24, 2.45) is 0 Å². The summed E-state index contributed by atoms with van der Waals surface area (Å²) in [5, 5.41) is 0. The number of methoxy groups -OCH3 is 1. The van der Waals surface area contributed by atoms with E-state index >= 15 is 0 Å². The van der Waals surface area contributed by atoms with Crippen molar-refractivity contribution < 1.29 is 22.4 Å². The van der Waals surface area contributed by atoms with Gasteiger partial charge in [0.15, 0.2) is 16.4 Å². The fraction of sp³-hybridized carbons (Fsp3) is 0.167. The summed E-state index contributed by atoms with van der Waals surface area (Å²) in [7, 11) is -3.27. The van der Waals surface area contributed by atoms with Crippen LogP contribution in [0.4, 0.5) is 0 Å². The Morgan fingerprint density at radius 1 is 1.38 bits per heavy atom. The van der Waals surface area contributed by atoms with Gasteiger partial charge in [-0.1, -0.05) is 6.07 Å². The van der Waals surface area contributed by atoms with E-state index in [4.69, 9.17) is 9.47 Å². The molecule has 0 saturated heterocycles. The van der Waals surface area contributed by atoms with E-state index in [1.54, 1.807) is 24.5 Å². The molecule has 0 unspecified atom stereocenters. The SMILES string of the molecule is COc1c(Br)ncc(OCc2cccnc2)c1S(=O)(=O)O. The maximum absolute atomic E-state index is 11.5. The molecule has 1 N–H and O–H groups in total. The van der Waals surface area contributed by atoms with Crippen LogP contribution in [0, 0.1) is 0 Å². The first kappa shape index (κ1) is 15.7. The zero-order chi connectivity index (χ0) is 15.5. The second-order valence-corrected chi connectivity index (χ2v) is 6.01. The first-order chi connectivity index (χ1) is 9.93. The van der Waals surface area contributed by atoms with Gasteiger partial charge in [-0.15, -0.1) is 0 Å². The molecule has 21 heavy (non-hydrogen) atoms. The number of ether oxygens (including phenoxy) is 2. The molecule has 112 valence electrons. The lowest BCUT2D eigenvalue weighted by Crippen LogP contribution is -2.07. The van der Waals surface area contributed by atoms with Crippen molar-refractivity contribution in [2.45, 2.75) is 11.5 Å². The molecule has 0 aromatic carbocycles. The van der Waals surface area contributed by atoms with Crippen LogP contribution in [0.1, 0.15) is 5.56 Å². The van der Waals surface area contributed by atoms with Crippen molar-refractivity contribution in [1.29, 1.82) is 0 Å². The Morgan fingerprint density at radius 2 is 2.14 bits per heavy atom. The van der Waals surface area contributed by atoms with Crippen LogP contribution in [0.5, 0.6) is 11.5 Å². The Hall–Kier alpha value is -1.71. The molecule has 0 atom stereocenters. The number of hydrogen-bond donors (Lipinski definition) is 1. The summed E-state index contributed by atoms with van der Waals surface area (Å²) in [4.78, 5) is 7.36. The van der Waals surface area contributed by atoms with Crippen molar-refractivity contribution in [2.75, 3.05) is 7.11 Å². The minimum absolute atomic E-state index is 0.0722. The molecule has 0 spiro atoms. The van der Waals surface area contributed by atoms with Gasteiger partial charge in [-0.3, -0.25) is 9.54 Å². The number of pyridine rings is 2. The predicted molar refractivity (Wildman–Crippen MR) is 76.9 cm³/mol. The lowest BCUT2D eigenvalue weighted by Gasteiger charge is -2.13. The summed E-state index contributed by atoms with van der Waals surface area (Å²) in [6, 6.07) is 3.49. The first-order valence-corrected chi connectivity index (χ1v) is 7.88. The lowest BCUT2D eigenvalue weighted by atomic mass is 10.3. The summed E-state index contributed by atoms with van der Waals surface area (Å²) in [5.74, 6) is -0.234. The minimum Gasteiger partial charge on any atom is -0.492 e. The monoisotopic (exact) mass is 374 g/mol. The number of nitrogens with zero attached hydrogens (tertiary/aromatic N) is 2. The van der Waals surface area contributed by atoms with E-state index in [1.165, 1.54) is 13.3 Å². The Bertz CT molecular complexity index is 737. The minimum atomic E-state index is -4.54. The highest BCUT2D eigenvalue weighted by Crippen LogP contribution is 2.37. The zero-order valence-corrected chi connectivity index (χ0v) is 13.3. The van der Waals surface area contributed by atoms with Crippen LogP contribution >= 0.6 is 15.9 Å². The fourth-order valence-corrected chi connectivity index (χ4v) is 2.98. The van der Waals surface area contributed by atoms with Crippen LogP contribution in [0.25, 0.3) is 0 Å².